The molecule has 3 atom stereocenters. The summed E-state index contributed by atoms with van der Waals surface area (Å²) in [6.07, 6.45) is 6.07. The van der Waals surface area contributed by atoms with Crippen molar-refractivity contribution in [3.8, 4) is 0 Å². The number of halogens is 2. The minimum Gasteiger partial charge on any atom is -0.314 e. The average molecular weight is 342 g/mol. The van der Waals surface area contributed by atoms with E-state index in [-0.39, 0.29) is 5.82 Å². The molecule has 1 saturated carbocycles. The van der Waals surface area contributed by atoms with E-state index in [1.54, 1.807) is 0 Å². The Bertz CT molecular complexity index is 435. The minimum absolute atomic E-state index is 0.148. The van der Waals surface area contributed by atoms with E-state index in [4.69, 9.17) is 0 Å². The quantitative estimate of drug-likeness (QED) is 0.800. The standard InChI is InChI=1S/C17H25BrFN/c1-3-12-8-9-16(20-4-2)14(10-12)11-13-6-5-7-15(19)17(13)18/h5-7,12,14,16,20H,3-4,8-11H2,1-2H3. The summed E-state index contributed by atoms with van der Waals surface area (Å²) in [5.74, 6) is 1.30. The van der Waals surface area contributed by atoms with Crippen molar-refractivity contribution in [1.82, 2.24) is 5.32 Å². The molecule has 0 heterocycles. The first-order valence-corrected chi connectivity index (χ1v) is 8.61. The average Bonchev–Trinajstić information content (AvgIpc) is 2.46. The molecule has 1 fully saturated rings. The monoisotopic (exact) mass is 341 g/mol. The Morgan fingerprint density at radius 2 is 2.10 bits per heavy atom. The van der Waals surface area contributed by atoms with Crippen LogP contribution in [-0.4, -0.2) is 12.6 Å². The highest BCUT2D eigenvalue weighted by Crippen LogP contribution is 2.35. The molecular formula is C17H25BrFN. The zero-order valence-corrected chi connectivity index (χ0v) is 14.0. The Hall–Kier alpha value is -0.410. The van der Waals surface area contributed by atoms with Crippen LogP contribution in [0.4, 0.5) is 4.39 Å². The largest absolute Gasteiger partial charge is 0.314 e. The van der Waals surface area contributed by atoms with Gasteiger partial charge in [-0.3, -0.25) is 0 Å². The SMILES string of the molecule is CCNC1CCC(CC)CC1Cc1cccc(F)c1Br. The topological polar surface area (TPSA) is 12.0 Å². The first-order valence-electron chi connectivity index (χ1n) is 7.81. The van der Waals surface area contributed by atoms with Crippen LogP contribution in [-0.2, 0) is 6.42 Å². The molecule has 2 rings (SSSR count). The fraction of sp³-hybridized carbons (Fsp3) is 0.647. The predicted octanol–water partition coefficient (Wildman–Crippen LogP) is 4.94. The van der Waals surface area contributed by atoms with Gasteiger partial charge < -0.3 is 5.32 Å². The lowest BCUT2D eigenvalue weighted by Gasteiger charge is -2.36. The molecule has 20 heavy (non-hydrogen) atoms. The van der Waals surface area contributed by atoms with Crippen LogP contribution in [0.2, 0.25) is 0 Å². The molecule has 0 radical (unpaired) electrons. The summed E-state index contributed by atoms with van der Waals surface area (Å²) in [5, 5.41) is 3.62. The fourth-order valence-corrected chi connectivity index (χ4v) is 3.90. The molecule has 0 aliphatic heterocycles. The molecule has 3 unspecified atom stereocenters. The van der Waals surface area contributed by atoms with Crippen LogP contribution < -0.4 is 5.32 Å². The third kappa shape index (κ3) is 3.82. The summed E-state index contributed by atoms with van der Waals surface area (Å²) in [6.45, 7) is 5.47. The van der Waals surface area contributed by atoms with Crippen LogP contribution in [0.5, 0.6) is 0 Å². The summed E-state index contributed by atoms with van der Waals surface area (Å²) in [4.78, 5) is 0. The zero-order valence-electron chi connectivity index (χ0n) is 12.5. The number of nitrogens with one attached hydrogen (secondary N) is 1. The third-order valence-electron chi connectivity index (χ3n) is 4.65. The van der Waals surface area contributed by atoms with Crippen molar-refractivity contribution in [2.45, 2.75) is 52.0 Å². The molecule has 3 heteroatoms. The molecular weight excluding hydrogens is 317 g/mol. The van der Waals surface area contributed by atoms with Crippen molar-refractivity contribution in [3.05, 3.63) is 34.1 Å². The second-order valence-electron chi connectivity index (χ2n) is 5.93. The molecule has 1 aromatic carbocycles. The van der Waals surface area contributed by atoms with E-state index in [1.807, 2.05) is 12.1 Å². The molecule has 1 aromatic rings. The Balaban J connectivity index is 2.12. The van der Waals surface area contributed by atoms with Gasteiger partial charge in [-0.1, -0.05) is 32.4 Å². The summed E-state index contributed by atoms with van der Waals surface area (Å²) >= 11 is 3.40. The van der Waals surface area contributed by atoms with Crippen molar-refractivity contribution < 1.29 is 4.39 Å². The van der Waals surface area contributed by atoms with Gasteiger partial charge in [0.15, 0.2) is 0 Å². The zero-order chi connectivity index (χ0) is 14.5. The molecule has 112 valence electrons. The Labute approximate surface area is 130 Å². The lowest BCUT2D eigenvalue weighted by atomic mass is 9.74. The highest BCUT2D eigenvalue weighted by molar-refractivity contribution is 9.10. The number of benzene rings is 1. The first-order chi connectivity index (χ1) is 9.65. The van der Waals surface area contributed by atoms with Crippen molar-refractivity contribution in [3.63, 3.8) is 0 Å². The van der Waals surface area contributed by atoms with Gasteiger partial charge in [0.05, 0.1) is 4.47 Å². The van der Waals surface area contributed by atoms with E-state index in [0.717, 1.165) is 24.4 Å². The van der Waals surface area contributed by atoms with Gasteiger partial charge in [-0.15, -0.1) is 0 Å². The fourth-order valence-electron chi connectivity index (χ4n) is 3.48. The van der Waals surface area contributed by atoms with Crippen LogP contribution in [0.1, 0.15) is 45.1 Å². The molecule has 0 bridgehead atoms. The smallest absolute Gasteiger partial charge is 0.137 e. The van der Waals surface area contributed by atoms with Crippen LogP contribution in [0.25, 0.3) is 0 Å². The van der Waals surface area contributed by atoms with Crippen LogP contribution in [0, 0.1) is 17.7 Å². The maximum Gasteiger partial charge on any atom is 0.137 e. The number of hydrogen-bond donors (Lipinski definition) is 1. The van der Waals surface area contributed by atoms with Gasteiger partial charge in [0.25, 0.3) is 0 Å². The van der Waals surface area contributed by atoms with E-state index in [0.29, 0.717) is 16.4 Å². The van der Waals surface area contributed by atoms with Gasteiger partial charge in [0.1, 0.15) is 5.82 Å². The molecule has 1 N–H and O–H groups in total. The van der Waals surface area contributed by atoms with E-state index in [2.05, 4.69) is 35.1 Å². The molecule has 1 aliphatic rings. The third-order valence-corrected chi connectivity index (χ3v) is 5.54. The lowest BCUT2D eigenvalue weighted by molar-refractivity contribution is 0.199. The van der Waals surface area contributed by atoms with E-state index in [9.17, 15) is 4.39 Å². The summed E-state index contributed by atoms with van der Waals surface area (Å²) in [7, 11) is 0. The number of hydrogen-bond acceptors (Lipinski definition) is 1. The second-order valence-corrected chi connectivity index (χ2v) is 6.72. The van der Waals surface area contributed by atoms with Gasteiger partial charge in [-0.2, -0.15) is 0 Å². The molecule has 1 nitrogen and oxygen atoms in total. The van der Waals surface area contributed by atoms with Crippen LogP contribution in [0.3, 0.4) is 0 Å². The molecule has 0 spiro atoms. The summed E-state index contributed by atoms with van der Waals surface area (Å²) < 4.78 is 14.3. The second kappa shape index (κ2) is 7.56. The molecule has 0 amide bonds. The van der Waals surface area contributed by atoms with Crippen molar-refractivity contribution in [2.24, 2.45) is 11.8 Å². The predicted molar refractivity (Wildman–Crippen MR) is 86.4 cm³/mol. The van der Waals surface area contributed by atoms with E-state index >= 15 is 0 Å². The van der Waals surface area contributed by atoms with Crippen LogP contribution in [0.15, 0.2) is 22.7 Å². The van der Waals surface area contributed by atoms with Crippen molar-refractivity contribution >= 4 is 15.9 Å². The Kier molecular flexibility index (Phi) is 6.03. The molecule has 0 aromatic heterocycles. The minimum atomic E-state index is -0.148. The van der Waals surface area contributed by atoms with Crippen molar-refractivity contribution in [1.29, 1.82) is 0 Å². The van der Waals surface area contributed by atoms with E-state index in [1.165, 1.54) is 31.7 Å². The van der Waals surface area contributed by atoms with Gasteiger partial charge in [0.2, 0.25) is 0 Å². The first kappa shape index (κ1) is 16.0. The summed E-state index contributed by atoms with van der Waals surface area (Å²) in [5.41, 5.74) is 1.11. The van der Waals surface area contributed by atoms with Crippen molar-refractivity contribution in [2.75, 3.05) is 6.54 Å². The van der Waals surface area contributed by atoms with Gasteiger partial charge in [-0.05, 0) is 71.6 Å². The maximum atomic E-state index is 13.7. The van der Waals surface area contributed by atoms with Crippen LogP contribution >= 0.6 is 15.9 Å². The summed E-state index contributed by atoms with van der Waals surface area (Å²) in [6, 6.07) is 5.96. The normalized spacial score (nSPS) is 26.7. The maximum absolute atomic E-state index is 13.7. The highest BCUT2D eigenvalue weighted by atomic mass is 79.9. The van der Waals surface area contributed by atoms with E-state index < -0.39 is 0 Å². The van der Waals surface area contributed by atoms with Gasteiger partial charge in [-0.25, -0.2) is 4.39 Å². The van der Waals surface area contributed by atoms with Gasteiger partial charge >= 0.3 is 0 Å². The molecule has 1 aliphatic carbocycles. The Morgan fingerprint density at radius 3 is 2.80 bits per heavy atom. The van der Waals surface area contributed by atoms with Gasteiger partial charge in [0, 0.05) is 6.04 Å². The lowest BCUT2D eigenvalue weighted by Crippen LogP contribution is -2.41. The Morgan fingerprint density at radius 1 is 1.30 bits per heavy atom. The molecule has 0 saturated heterocycles. The highest BCUT2D eigenvalue weighted by Gasteiger charge is 2.29. The number of rotatable bonds is 5.